The van der Waals surface area contributed by atoms with E-state index in [1.807, 2.05) is 0 Å². The summed E-state index contributed by atoms with van der Waals surface area (Å²) in [5.74, 6) is -1.36. The van der Waals surface area contributed by atoms with Gasteiger partial charge in [0.2, 0.25) is 0 Å². The lowest BCUT2D eigenvalue weighted by atomic mass is 10.3. The molecule has 1 atom stereocenters. The molecular formula is C8H14O5S. The number of carbonyl (C=O) groups excluding carboxylic acids is 2. The Morgan fingerprint density at radius 2 is 1.86 bits per heavy atom. The van der Waals surface area contributed by atoms with E-state index in [9.17, 15) is 18.0 Å². The first kappa shape index (κ1) is 13.1. The summed E-state index contributed by atoms with van der Waals surface area (Å²) in [6, 6.07) is 0. The van der Waals surface area contributed by atoms with Crippen molar-refractivity contribution >= 4 is 21.6 Å². The zero-order valence-electron chi connectivity index (χ0n) is 8.44. The van der Waals surface area contributed by atoms with Crippen LogP contribution in [0.4, 0.5) is 0 Å². The fraction of sp³-hybridized carbons (Fsp3) is 0.750. The third-order valence-corrected chi connectivity index (χ3v) is 4.11. The molecule has 0 saturated carbocycles. The highest BCUT2D eigenvalue weighted by Crippen LogP contribution is 2.05. The van der Waals surface area contributed by atoms with Crippen LogP contribution in [0.15, 0.2) is 0 Å². The second-order valence-corrected chi connectivity index (χ2v) is 5.39. The number of hydrogen-bond donors (Lipinski definition) is 0. The Hall–Kier alpha value is -0.910. The van der Waals surface area contributed by atoms with E-state index >= 15 is 0 Å². The number of hydrogen-bond acceptors (Lipinski definition) is 5. The van der Waals surface area contributed by atoms with E-state index in [-0.39, 0.29) is 12.2 Å². The minimum atomic E-state index is -3.52. The summed E-state index contributed by atoms with van der Waals surface area (Å²) in [4.78, 5) is 21.5. The first-order chi connectivity index (χ1) is 6.31. The van der Waals surface area contributed by atoms with Crippen LogP contribution in [0.2, 0.25) is 0 Å². The lowest BCUT2D eigenvalue weighted by Gasteiger charge is -2.08. The monoisotopic (exact) mass is 222 g/mol. The summed E-state index contributed by atoms with van der Waals surface area (Å²) in [6.07, 6.45) is -0.212. The van der Waals surface area contributed by atoms with Gasteiger partial charge in [-0.2, -0.15) is 0 Å². The highest BCUT2D eigenvalue weighted by molar-refractivity contribution is 7.92. The summed E-state index contributed by atoms with van der Waals surface area (Å²) in [5, 5.41) is -1.05. The Kier molecular flexibility index (Phi) is 4.76. The molecule has 1 unspecified atom stereocenters. The fourth-order valence-corrected chi connectivity index (χ4v) is 2.07. The maximum Gasteiger partial charge on any atom is 0.306 e. The summed E-state index contributed by atoms with van der Waals surface area (Å²) >= 11 is 0. The van der Waals surface area contributed by atoms with E-state index in [2.05, 4.69) is 4.74 Å². The van der Waals surface area contributed by atoms with Crippen molar-refractivity contribution in [2.75, 3.05) is 12.9 Å². The average Bonchev–Trinajstić information content (AvgIpc) is 2.12. The Balaban J connectivity index is 4.36. The number of ketones is 1. The minimum Gasteiger partial charge on any atom is -0.469 e. The van der Waals surface area contributed by atoms with Gasteiger partial charge < -0.3 is 4.74 Å². The molecule has 0 radical (unpaired) electrons. The van der Waals surface area contributed by atoms with E-state index in [4.69, 9.17) is 0 Å². The van der Waals surface area contributed by atoms with Gasteiger partial charge in [-0.05, 0) is 13.8 Å². The molecule has 82 valence electrons. The number of methoxy groups -OCH3 is 1. The molecular weight excluding hydrogens is 208 g/mol. The third-order valence-electron chi connectivity index (χ3n) is 1.93. The van der Waals surface area contributed by atoms with Crippen molar-refractivity contribution < 1.29 is 22.7 Å². The van der Waals surface area contributed by atoms with Crippen LogP contribution in [-0.2, 0) is 24.2 Å². The normalized spacial score (nSPS) is 13.4. The molecule has 0 aromatic carbocycles. The van der Waals surface area contributed by atoms with Gasteiger partial charge >= 0.3 is 5.97 Å². The maximum atomic E-state index is 11.4. The summed E-state index contributed by atoms with van der Waals surface area (Å²) < 4.78 is 27.0. The Morgan fingerprint density at radius 3 is 2.21 bits per heavy atom. The zero-order valence-corrected chi connectivity index (χ0v) is 9.26. The lowest BCUT2D eigenvalue weighted by molar-refractivity contribution is -0.140. The van der Waals surface area contributed by atoms with Crippen molar-refractivity contribution in [3.63, 3.8) is 0 Å². The van der Waals surface area contributed by atoms with Crippen molar-refractivity contribution in [2.45, 2.75) is 25.5 Å². The van der Waals surface area contributed by atoms with E-state index in [0.717, 1.165) is 0 Å². The van der Waals surface area contributed by atoms with Crippen LogP contribution in [0.3, 0.4) is 0 Å². The topological polar surface area (TPSA) is 77.5 Å². The van der Waals surface area contributed by atoms with E-state index < -0.39 is 26.8 Å². The molecule has 0 heterocycles. The molecule has 6 heteroatoms. The van der Waals surface area contributed by atoms with E-state index in [0.29, 0.717) is 0 Å². The van der Waals surface area contributed by atoms with Crippen molar-refractivity contribution in [3.05, 3.63) is 0 Å². The smallest absolute Gasteiger partial charge is 0.306 e. The molecule has 0 fully saturated rings. The number of carbonyl (C=O) groups is 2. The Labute approximate surface area is 83.4 Å². The maximum absolute atomic E-state index is 11.4. The van der Waals surface area contributed by atoms with Gasteiger partial charge in [-0.15, -0.1) is 0 Å². The highest BCUT2D eigenvalue weighted by atomic mass is 32.2. The van der Waals surface area contributed by atoms with Gasteiger partial charge in [0.1, 0.15) is 11.0 Å². The number of Topliss-reactive ketones (excluding diaryl/α,β-unsaturated/α-hetero) is 1. The predicted molar refractivity (Wildman–Crippen MR) is 50.6 cm³/mol. The van der Waals surface area contributed by atoms with Gasteiger partial charge in [0.25, 0.3) is 0 Å². The summed E-state index contributed by atoms with van der Waals surface area (Å²) in [6.45, 7) is 2.52. The fourth-order valence-electron chi connectivity index (χ4n) is 0.757. The van der Waals surface area contributed by atoms with Crippen LogP contribution in [-0.4, -0.2) is 38.3 Å². The molecule has 0 rings (SSSR count). The quantitative estimate of drug-likeness (QED) is 0.609. The number of rotatable bonds is 5. The molecule has 0 aliphatic rings. The first-order valence-electron chi connectivity index (χ1n) is 4.10. The van der Waals surface area contributed by atoms with Gasteiger partial charge in [-0.25, -0.2) is 8.42 Å². The second kappa shape index (κ2) is 5.09. The van der Waals surface area contributed by atoms with Crippen LogP contribution in [0.1, 0.15) is 20.3 Å². The molecule has 0 aliphatic heterocycles. The second-order valence-electron chi connectivity index (χ2n) is 2.95. The van der Waals surface area contributed by atoms with Gasteiger partial charge in [0, 0.05) is 0 Å². The van der Waals surface area contributed by atoms with Crippen molar-refractivity contribution in [2.24, 2.45) is 0 Å². The molecule has 0 aliphatic carbocycles. The van der Waals surface area contributed by atoms with Crippen LogP contribution < -0.4 is 0 Å². The predicted octanol–water partition coefficient (Wildman–Crippen LogP) is -0.0582. The van der Waals surface area contributed by atoms with Gasteiger partial charge in [0.05, 0.1) is 19.3 Å². The lowest BCUT2D eigenvalue weighted by Crippen LogP contribution is -2.28. The van der Waals surface area contributed by atoms with E-state index in [1.54, 1.807) is 0 Å². The number of ether oxygens (including phenoxy) is 1. The number of sulfone groups is 1. The Morgan fingerprint density at radius 1 is 1.36 bits per heavy atom. The SMILES string of the molecule is COC(=O)CCS(=O)(=O)C(C)C(C)=O. The molecule has 5 nitrogen and oxygen atoms in total. The molecule has 0 aromatic heterocycles. The van der Waals surface area contributed by atoms with Crippen LogP contribution in [0.5, 0.6) is 0 Å². The third kappa shape index (κ3) is 3.87. The van der Waals surface area contributed by atoms with Crippen LogP contribution >= 0.6 is 0 Å². The van der Waals surface area contributed by atoms with Gasteiger partial charge in [0.15, 0.2) is 9.84 Å². The molecule has 0 saturated heterocycles. The van der Waals surface area contributed by atoms with Crippen molar-refractivity contribution in [1.29, 1.82) is 0 Å². The standard InChI is InChI=1S/C8H14O5S/c1-6(9)7(2)14(11,12)5-4-8(10)13-3/h7H,4-5H2,1-3H3. The van der Waals surface area contributed by atoms with Crippen molar-refractivity contribution in [1.82, 2.24) is 0 Å². The van der Waals surface area contributed by atoms with Crippen molar-refractivity contribution in [3.8, 4) is 0 Å². The van der Waals surface area contributed by atoms with Gasteiger partial charge in [-0.1, -0.05) is 0 Å². The Bertz CT molecular complexity index is 317. The van der Waals surface area contributed by atoms with Crippen LogP contribution in [0.25, 0.3) is 0 Å². The zero-order chi connectivity index (χ0) is 11.4. The first-order valence-corrected chi connectivity index (χ1v) is 5.81. The molecule has 0 N–H and O–H groups in total. The van der Waals surface area contributed by atoms with Crippen LogP contribution in [0, 0.1) is 0 Å². The number of esters is 1. The molecule has 0 spiro atoms. The van der Waals surface area contributed by atoms with Gasteiger partial charge in [-0.3, -0.25) is 9.59 Å². The average molecular weight is 222 g/mol. The summed E-state index contributed by atoms with van der Waals surface area (Å²) in [7, 11) is -2.33. The largest absolute Gasteiger partial charge is 0.469 e. The minimum absolute atomic E-state index is 0.212. The molecule has 0 aromatic rings. The molecule has 14 heavy (non-hydrogen) atoms. The molecule has 0 amide bonds. The molecule has 0 bridgehead atoms. The highest BCUT2D eigenvalue weighted by Gasteiger charge is 2.25. The summed E-state index contributed by atoms with van der Waals surface area (Å²) in [5.41, 5.74) is 0. The van der Waals surface area contributed by atoms with E-state index in [1.165, 1.54) is 21.0 Å².